The Balaban J connectivity index is 2.11. The van der Waals surface area contributed by atoms with Gasteiger partial charge < -0.3 is 9.15 Å². The van der Waals surface area contributed by atoms with Crippen molar-refractivity contribution in [3.05, 3.63) is 39.2 Å². The van der Waals surface area contributed by atoms with E-state index in [0.29, 0.717) is 17.8 Å². The van der Waals surface area contributed by atoms with Crippen molar-refractivity contribution in [2.75, 3.05) is 6.61 Å². The quantitative estimate of drug-likeness (QED) is 0.479. The molecular formula is C20H28O3. The van der Waals surface area contributed by atoms with Crippen LogP contribution in [-0.4, -0.2) is 6.61 Å². The highest BCUT2D eigenvalue weighted by Crippen LogP contribution is 2.31. The number of unbranched alkanes of at least 4 members (excludes halogenated alkanes) is 5. The van der Waals surface area contributed by atoms with E-state index < -0.39 is 0 Å². The van der Waals surface area contributed by atoms with Gasteiger partial charge in [0.05, 0.1) is 12.0 Å². The van der Waals surface area contributed by atoms with E-state index in [-0.39, 0.29) is 5.63 Å². The maximum atomic E-state index is 11.9. The van der Waals surface area contributed by atoms with Gasteiger partial charge in [0.1, 0.15) is 11.3 Å². The molecule has 0 bridgehead atoms. The first-order valence-corrected chi connectivity index (χ1v) is 8.72. The van der Waals surface area contributed by atoms with Gasteiger partial charge in [-0.1, -0.05) is 39.0 Å². The summed E-state index contributed by atoms with van der Waals surface area (Å²) in [6.45, 7) is 8.70. The molecule has 0 aliphatic heterocycles. The number of benzene rings is 1. The van der Waals surface area contributed by atoms with Crippen molar-refractivity contribution < 1.29 is 9.15 Å². The number of ether oxygens (including phenoxy) is 1. The molecule has 0 N–H and O–H groups in total. The van der Waals surface area contributed by atoms with Gasteiger partial charge in [-0.2, -0.15) is 0 Å². The topological polar surface area (TPSA) is 39.4 Å². The van der Waals surface area contributed by atoms with Crippen LogP contribution < -0.4 is 10.4 Å². The van der Waals surface area contributed by atoms with E-state index in [1.165, 1.54) is 32.1 Å². The Morgan fingerprint density at radius 2 is 1.65 bits per heavy atom. The molecule has 1 heterocycles. The molecule has 2 rings (SSSR count). The van der Waals surface area contributed by atoms with E-state index in [9.17, 15) is 4.79 Å². The first-order chi connectivity index (χ1) is 11.0. The largest absolute Gasteiger partial charge is 0.493 e. The second-order valence-electron chi connectivity index (χ2n) is 6.39. The maximum Gasteiger partial charge on any atom is 0.339 e. The van der Waals surface area contributed by atoms with Crippen molar-refractivity contribution >= 4 is 11.0 Å². The van der Waals surface area contributed by atoms with Gasteiger partial charge in [-0.15, -0.1) is 0 Å². The summed E-state index contributed by atoms with van der Waals surface area (Å²) in [5.41, 5.74) is 3.01. The van der Waals surface area contributed by atoms with Gasteiger partial charge in [-0.05, 0) is 50.5 Å². The van der Waals surface area contributed by atoms with E-state index >= 15 is 0 Å². The summed E-state index contributed by atoms with van der Waals surface area (Å²) in [7, 11) is 0. The van der Waals surface area contributed by atoms with Gasteiger partial charge in [-0.3, -0.25) is 0 Å². The third-order valence-electron chi connectivity index (χ3n) is 4.41. The predicted molar refractivity (Wildman–Crippen MR) is 95.6 cm³/mol. The highest BCUT2D eigenvalue weighted by Gasteiger charge is 2.13. The molecule has 0 amide bonds. The molecule has 0 aliphatic rings. The number of aryl methyl sites for hydroxylation is 2. The summed E-state index contributed by atoms with van der Waals surface area (Å²) in [5.74, 6) is 0.831. The molecule has 0 fully saturated rings. The van der Waals surface area contributed by atoms with E-state index in [1.54, 1.807) is 6.92 Å². The van der Waals surface area contributed by atoms with E-state index in [0.717, 1.165) is 28.7 Å². The Kier molecular flexibility index (Phi) is 6.26. The van der Waals surface area contributed by atoms with Gasteiger partial charge in [0.15, 0.2) is 0 Å². The highest BCUT2D eigenvalue weighted by molar-refractivity contribution is 5.88. The molecule has 3 heteroatoms. The first-order valence-electron chi connectivity index (χ1n) is 8.72. The van der Waals surface area contributed by atoms with Crippen LogP contribution in [0.25, 0.3) is 11.0 Å². The lowest BCUT2D eigenvalue weighted by Crippen LogP contribution is -2.07. The fraction of sp³-hybridized carbons (Fsp3) is 0.550. The molecule has 0 spiro atoms. The van der Waals surface area contributed by atoms with Gasteiger partial charge in [0, 0.05) is 5.56 Å². The second kappa shape index (κ2) is 8.19. The zero-order valence-corrected chi connectivity index (χ0v) is 14.8. The third-order valence-corrected chi connectivity index (χ3v) is 4.41. The molecule has 126 valence electrons. The minimum Gasteiger partial charge on any atom is -0.493 e. The molecule has 23 heavy (non-hydrogen) atoms. The minimum absolute atomic E-state index is 0.262. The number of hydrogen-bond donors (Lipinski definition) is 0. The summed E-state index contributed by atoms with van der Waals surface area (Å²) < 4.78 is 11.5. The maximum absolute atomic E-state index is 11.9. The summed E-state index contributed by atoms with van der Waals surface area (Å²) in [5, 5.41) is 0.929. The number of fused-ring (bicyclic) bond motifs is 1. The van der Waals surface area contributed by atoms with E-state index in [1.807, 2.05) is 26.0 Å². The number of rotatable bonds is 8. The highest BCUT2D eigenvalue weighted by atomic mass is 16.5. The molecule has 3 nitrogen and oxygen atoms in total. The van der Waals surface area contributed by atoms with Gasteiger partial charge in [0.2, 0.25) is 0 Å². The number of hydrogen-bond acceptors (Lipinski definition) is 3. The monoisotopic (exact) mass is 316 g/mol. The summed E-state index contributed by atoms with van der Waals surface area (Å²) in [4.78, 5) is 11.9. The molecule has 0 saturated carbocycles. The Labute approximate surface area is 138 Å². The standard InChI is InChI=1S/C20H28O3/c1-5-6-7-8-9-10-11-22-17-12-14(2)13-18-19(17)15(3)16(4)20(21)23-18/h12-13H,5-11H2,1-4H3. The van der Waals surface area contributed by atoms with Crippen LogP contribution in [0.2, 0.25) is 0 Å². The normalized spacial score (nSPS) is 11.1. The lowest BCUT2D eigenvalue weighted by Gasteiger charge is -2.13. The second-order valence-corrected chi connectivity index (χ2v) is 6.39. The van der Waals surface area contributed by atoms with Gasteiger partial charge in [0.25, 0.3) is 0 Å². The van der Waals surface area contributed by atoms with Gasteiger partial charge >= 0.3 is 5.63 Å². The third kappa shape index (κ3) is 4.37. The van der Waals surface area contributed by atoms with Crippen LogP contribution in [0.1, 0.15) is 62.1 Å². The first kappa shape index (κ1) is 17.6. The van der Waals surface area contributed by atoms with Crippen LogP contribution in [0.3, 0.4) is 0 Å². The summed E-state index contributed by atoms with van der Waals surface area (Å²) in [6, 6.07) is 3.94. The summed E-state index contributed by atoms with van der Waals surface area (Å²) >= 11 is 0. The molecule has 0 aliphatic carbocycles. The summed E-state index contributed by atoms with van der Waals surface area (Å²) in [6.07, 6.45) is 7.45. The van der Waals surface area contributed by atoms with E-state index in [4.69, 9.17) is 9.15 Å². The van der Waals surface area contributed by atoms with Gasteiger partial charge in [-0.25, -0.2) is 4.79 Å². The molecule has 0 atom stereocenters. The van der Waals surface area contributed by atoms with Crippen molar-refractivity contribution in [1.82, 2.24) is 0 Å². The molecule has 0 radical (unpaired) electrons. The van der Waals surface area contributed by atoms with Crippen LogP contribution in [0.15, 0.2) is 21.3 Å². The Bertz CT molecular complexity index is 713. The van der Waals surface area contributed by atoms with Crippen LogP contribution in [0, 0.1) is 20.8 Å². The molecular weight excluding hydrogens is 288 g/mol. The Morgan fingerprint density at radius 1 is 0.957 bits per heavy atom. The van der Waals surface area contributed by atoms with Crippen LogP contribution in [0.4, 0.5) is 0 Å². The zero-order chi connectivity index (χ0) is 16.8. The average molecular weight is 316 g/mol. The predicted octanol–water partition coefficient (Wildman–Crippen LogP) is 5.46. The fourth-order valence-corrected chi connectivity index (χ4v) is 2.87. The molecule has 1 aromatic carbocycles. The molecule has 1 aromatic heterocycles. The average Bonchev–Trinajstić information content (AvgIpc) is 2.51. The van der Waals surface area contributed by atoms with E-state index in [2.05, 4.69) is 6.92 Å². The van der Waals surface area contributed by atoms with Crippen molar-refractivity contribution in [1.29, 1.82) is 0 Å². The molecule has 0 saturated heterocycles. The zero-order valence-electron chi connectivity index (χ0n) is 14.8. The van der Waals surface area contributed by atoms with Crippen LogP contribution in [0.5, 0.6) is 5.75 Å². The van der Waals surface area contributed by atoms with Crippen molar-refractivity contribution in [3.63, 3.8) is 0 Å². The van der Waals surface area contributed by atoms with Crippen molar-refractivity contribution in [2.45, 2.75) is 66.2 Å². The smallest absolute Gasteiger partial charge is 0.339 e. The lowest BCUT2D eigenvalue weighted by atomic mass is 10.0. The van der Waals surface area contributed by atoms with Crippen molar-refractivity contribution in [2.24, 2.45) is 0 Å². The molecule has 2 aromatic rings. The SMILES string of the molecule is CCCCCCCCOc1cc(C)cc2oc(=O)c(C)c(C)c12. The van der Waals surface area contributed by atoms with Crippen LogP contribution >= 0.6 is 0 Å². The Hall–Kier alpha value is -1.77. The lowest BCUT2D eigenvalue weighted by molar-refractivity contribution is 0.307. The van der Waals surface area contributed by atoms with Crippen molar-refractivity contribution in [3.8, 4) is 5.75 Å². The fourth-order valence-electron chi connectivity index (χ4n) is 2.87. The minimum atomic E-state index is -0.262. The van der Waals surface area contributed by atoms with Crippen LogP contribution in [-0.2, 0) is 0 Å². The Morgan fingerprint density at radius 3 is 2.39 bits per heavy atom. The molecule has 0 unspecified atom stereocenters.